The lowest BCUT2D eigenvalue weighted by atomic mass is 9.94. The SMILES string of the molecule is CCNC(C)(CCCCN(C)CC(F)(F)F)C(=O)OC. The topological polar surface area (TPSA) is 41.6 Å². The van der Waals surface area contributed by atoms with Crippen molar-refractivity contribution in [2.45, 2.75) is 44.8 Å². The monoisotopic (exact) mass is 298 g/mol. The lowest BCUT2D eigenvalue weighted by Gasteiger charge is -2.28. The van der Waals surface area contributed by atoms with E-state index in [9.17, 15) is 18.0 Å². The molecule has 0 heterocycles. The van der Waals surface area contributed by atoms with Crippen molar-refractivity contribution in [3.63, 3.8) is 0 Å². The van der Waals surface area contributed by atoms with Crippen LogP contribution in [0.15, 0.2) is 0 Å². The molecule has 0 fully saturated rings. The van der Waals surface area contributed by atoms with Crippen LogP contribution in [0, 0.1) is 0 Å². The molecule has 120 valence electrons. The Balaban J connectivity index is 4.10. The standard InChI is InChI=1S/C13H25F3N2O2/c1-5-17-12(2,11(19)20-4)8-6-7-9-18(3)10-13(14,15)16/h17H,5-10H2,1-4H3. The van der Waals surface area contributed by atoms with E-state index in [1.807, 2.05) is 6.92 Å². The van der Waals surface area contributed by atoms with Crippen molar-refractivity contribution in [1.29, 1.82) is 0 Å². The lowest BCUT2D eigenvalue weighted by Crippen LogP contribution is -2.50. The number of hydrogen-bond donors (Lipinski definition) is 1. The van der Waals surface area contributed by atoms with Crippen LogP contribution in [0.4, 0.5) is 13.2 Å². The van der Waals surface area contributed by atoms with Gasteiger partial charge in [-0.15, -0.1) is 0 Å². The number of alkyl halides is 3. The summed E-state index contributed by atoms with van der Waals surface area (Å²) in [5.74, 6) is -0.344. The third-order valence-corrected chi connectivity index (χ3v) is 3.12. The zero-order chi connectivity index (χ0) is 15.8. The van der Waals surface area contributed by atoms with Crippen LogP contribution in [-0.2, 0) is 9.53 Å². The minimum absolute atomic E-state index is 0.344. The summed E-state index contributed by atoms with van der Waals surface area (Å²) < 4.78 is 41.2. The fourth-order valence-corrected chi connectivity index (χ4v) is 2.12. The maximum Gasteiger partial charge on any atom is 0.401 e. The van der Waals surface area contributed by atoms with Crippen molar-refractivity contribution in [3.05, 3.63) is 0 Å². The Kier molecular flexibility index (Phi) is 8.12. The molecule has 1 unspecified atom stereocenters. The molecular weight excluding hydrogens is 273 g/mol. The number of nitrogens with zero attached hydrogens (tertiary/aromatic N) is 1. The van der Waals surface area contributed by atoms with Gasteiger partial charge < -0.3 is 10.1 Å². The molecular formula is C13H25F3N2O2. The summed E-state index contributed by atoms with van der Waals surface area (Å²) in [5, 5.41) is 3.07. The van der Waals surface area contributed by atoms with E-state index >= 15 is 0 Å². The van der Waals surface area contributed by atoms with Gasteiger partial charge in [0.1, 0.15) is 5.54 Å². The van der Waals surface area contributed by atoms with E-state index in [-0.39, 0.29) is 5.97 Å². The number of likely N-dealkylation sites (N-methyl/N-ethyl adjacent to an activating group) is 1. The summed E-state index contributed by atoms with van der Waals surface area (Å²) in [6, 6.07) is 0. The minimum atomic E-state index is -4.17. The number of esters is 1. The first-order valence-electron chi connectivity index (χ1n) is 6.73. The van der Waals surface area contributed by atoms with Crippen molar-refractivity contribution in [3.8, 4) is 0 Å². The molecule has 20 heavy (non-hydrogen) atoms. The Morgan fingerprint density at radius 3 is 2.35 bits per heavy atom. The Bertz CT molecular complexity index is 298. The Hall–Kier alpha value is -0.820. The van der Waals surface area contributed by atoms with E-state index in [1.165, 1.54) is 19.1 Å². The molecule has 4 nitrogen and oxygen atoms in total. The van der Waals surface area contributed by atoms with Gasteiger partial charge in [-0.1, -0.05) is 6.92 Å². The highest BCUT2D eigenvalue weighted by Gasteiger charge is 2.33. The van der Waals surface area contributed by atoms with Gasteiger partial charge in [-0.25, -0.2) is 0 Å². The minimum Gasteiger partial charge on any atom is -0.468 e. The van der Waals surface area contributed by atoms with Gasteiger partial charge >= 0.3 is 12.1 Å². The quantitative estimate of drug-likeness (QED) is 0.523. The molecule has 1 N–H and O–H groups in total. The van der Waals surface area contributed by atoms with Gasteiger partial charge in [-0.2, -0.15) is 13.2 Å². The average Bonchev–Trinajstić information content (AvgIpc) is 2.32. The zero-order valence-corrected chi connectivity index (χ0v) is 12.6. The highest BCUT2D eigenvalue weighted by atomic mass is 19.4. The highest BCUT2D eigenvalue weighted by molar-refractivity contribution is 5.80. The van der Waals surface area contributed by atoms with Crippen LogP contribution in [0.25, 0.3) is 0 Å². The summed E-state index contributed by atoms with van der Waals surface area (Å²) in [7, 11) is 2.77. The normalized spacial score (nSPS) is 15.2. The number of hydrogen-bond acceptors (Lipinski definition) is 4. The molecule has 1 atom stereocenters. The fraction of sp³-hybridized carbons (Fsp3) is 0.923. The van der Waals surface area contributed by atoms with Crippen LogP contribution >= 0.6 is 0 Å². The number of nitrogens with one attached hydrogen (secondary N) is 1. The van der Waals surface area contributed by atoms with Crippen molar-refractivity contribution < 1.29 is 22.7 Å². The number of ether oxygens (including phenoxy) is 1. The maximum absolute atomic E-state index is 12.1. The molecule has 0 saturated carbocycles. The van der Waals surface area contributed by atoms with E-state index in [1.54, 1.807) is 6.92 Å². The van der Waals surface area contributed by atoms with Crippen LogP contribution in [-0.4, -0.2) is 56.4 Å². The molecule has 7 heteroatoms. The number of unbranched alkanes of at least 4 members (excludes halogenated alkanes) is 1. The third kappa shape index (κ3) is 7.69. The van der Waals surface area contributed by atoms with E-state index in [0.717, 1.165) is 0 Å². The second-order valence-electron chi connectivity index (χ2n) is 5.16. The van der Waals surface area contributed by atoms with E-state index in [0.29, 0.717) is 32.4 Å². The third-order valence-electron chi connectivity index (χ3n) is 3.12. The number of carbonyl (C=O) groups excluding carboxylic acids is 1. The largest absolute Gasteiger partial charge is 0.468 e. The average molecular weight is 298 g/mol. The molecule has 0 aliphatic carbocycles. The van der Waals surface area contributed by atoms with Gasteiger partial charge in [0, 0.05) is 0 Å². The van der Waals surface area contributed by atoms with Crippen LogP contribution < -0.4 is 5.32 Å². The van der Waals surface area contributed by atoms with Crippen LogP contribution in [0.3, 0.4) is 0 Å². The number of carbonyl (C=O) groups is 1. The summed E-state index contributed by atoms with van der Waals surface area (Å²) in [6.45, 7) is 3.71. The van der Waals surface area contributed by atoms with Crippen molar-refractivity contribution >= 4 is 5.97 Å². The van der Waals surface area contributed by atoms with Crippen LogP contribution in [0.1, 0.15) is 33.1 Å². The second kappa shape index (κ2) is 8.46. The Morgan fingerprint density at radius 1 is 1.30 bits per heavy atom. The van der Waals surface area contributed by atoms with Gasteiger partial charge in [-0.3, -0.25) is 9.69 Å². The van der Waals surface area contributed by atoms with Gasteiger partial charge in [0.15, 0.2) is 0 Å². The van der Waals surface area contributed by atoms with E-state index in [4.69, 9.17) is 4.74 Å². The van der Waals surface area contributed by atoms with Crippen molar-refractivity contribution in [1.82, 2.24) is 10.2 Å². The number of rotatable bonds is 9. The van der Waals surface area contributed by atoms with Crippen molar-refractivity contribution in [2.75, 3.05) is 33.8 Å². The van der Waals surface area contributed by atoms with Crippen molar-refractivity contribution in [2.24, 2.45) is 0 Å². The number of methoxy groups -OCH3 is 1. The summed E-state index contributed by atoms with van der Waals surface area (Å²) in [6.07, 6.45) is -2.38. The lowest BCUT2D eigenvalue weighted by molar-refractivity contribution is -0.148. The van der Waals surface area contributed by atoms with Gasteiger partial charge in [0.05, 0.1) is 13.7 Å². The summed E-state index contributed by atoms with van der Waals surface area (Å²) >= 11 is 0. The predicted octanol–water partition coefficient (Wildman–Crippen LogP) is 2.19. The first kappa shape index (κ1) is 19.2. The van der Waals surface area contributed by atoms with E-state index < -0.39 is 18.3 Å². The molecule has 0 aliphatic rings. The van der Waals surface area contributed by atoms with E-state index in [2.05, 4.69) is 5.32 Å². The Morgan fingerprint density at radius 2 is 1.90 bits per heavy atom. The van der Waals surface area contributed by atoms with Crippen LogP contribution in [0.2, 0.25) is 0 Å². The Labute approximate surface area is 118 Å². The molecule has 0 aromatic rings. The first-order valence-corrected chi connectivity index (χ1v) is 6.73. The molecule has 0 rings (SSSR count). The number of halogens is 3. The molecule has 0 aromatic carbocycles. The smallest absolute Gasteiger partial charge is 0.401 e. The zero-order valence-electron chi connectivity index (χ0n) is 12.6. The second-order valence-corrected chi connectivity index (χ2v) is 5.16. The van der Waals surface area contributed by atoms with Gasteiger partial charge in [0.25, 0.3) is 0 Å². The molecule has 0 saturated heterocycles. The summed E-state index contributed by atoms with van der Waals surface area (Å²) in [4.78, 5) is 12.9. The maximum atomic E-state index is 12.1. The molecule has 0 radical (unpaired) electrons. The fourth-order valence-electron chi connectivity index (χ4n) is 2.12. The molecule has 0 aromatic heterocycles. The summed E-state index contributed by atoms with van der Waals surface area (Å²) in [5.41, 5.74) is -0.772. The predicted molar refractivity (Wildman–Crippen MR) is 71.5 cm³/mol. The van der Waals surface area contributed by atoms with Crippen LogP contribution in [0.5, 0.6) is 0 Å². The van der Waals surface area contributed by atoms with Gasteiger partial charge in [-0.05, 0) is 46.3 Å². The molecule has 0 spiro atoms. The highest BCUT2D eigenvalue weighted by Crippen LogP contribution is 2.18. The molecule has 0 bridgehead atoms. The van der Waals surface area contributed by atoms with Gasteiger partial charge in [0.2, 0.25) is 0 Å². The molecule has 0 aliphatic heterocycles. The molecule has 0 amide bonds. The first-order chi connectivity index (χ1) is 9.14.